The van der Waals surface area contributed by atoms with Gasteiger partial charge in [-0.25, -0.2) is 14.4 Å². The molecule has 0 N–H and O–H groups in total. The number of ether oxygens (including phenoxy) is 1. The summed E-state index contributed by atoms with van der Waals surface area (Å²) in [6, 6.07) is 3.83. The highest BCUT2D eigenvalue weighted by atomic mass is 19.4. The number of nitrogens with zero attached hydrogens (tertiary/aromatic N) is 6. The fraction of sp³-hybridized carbons (Fsp3) is 0.333. The molecule has 1 saturated heterocycles. The van der Waals surface area contributed by atoms with Crippen molar-refractivity contribution in [3.05, 3.63) is 69.8 Å². The molecule has 1 aliphatic rings. The molecule has 0 bridgehead atoms. The zero-order valence-corrected chi connectivity index (χ0v) is 19.7. The smallest absolute Gasteiger partial charge is 0.370 e. The molecular weight excluding hydrogens is 480 g/mol. The lowest BCUT2D eigenvalue weighted by molar-refractivity contribution is -0.137. The van der Waals surface area contributed by atoms with E-state index in [9.17, 15) is 18.0 Å². The first-order valence-corrected chi connectivity index (χ1v) is 11.1. The third kappa shape index (κ3) is 4.21. The van der Waals surface area contributed by atoms with Crippen molar-refractivity contribution in [2.24, 2.45) is 14.1 Å². The molecule has 12 heteroatoms. The van der Waals surface area contributed by atoms with Gasteiger partial charge in [0.1, 0.15) is 23.6 Å². The topological polar surface area (TPSA) is 78.1 Å². The number of hydrogen-bond donors (Lipinski definition) is 0. The van der Waals surface area contributed by atoms with Crippen molar-refractivity contribution in [1.29, 1.82) is 0 Å². The highest BCUT2D eigenvalue weighted by Gasteiger charge is 2.32. The van der Waals surface area contributed by atoms with Crippen LogP contribution in [0.1, 0.15) is 23.1 Å². The number of anilines is 1. The number of aryl methyl sites for hydroxylation is 2. The van der Waals surface area contributed by atoms with Crippen LogP contribution in [0, 0.1) is 12.7 Å². The summed E-state index contributed by atoms with van der Waals surface area (Å²) in [5.41, 5.74) is -0.722. The molecule has 4 heterocycles. The Morgan fingerprint density at radius 3 is 2.58 bits per heavy atom. The van der Waals surface area contributed by atoms with Crippen LogP contribution in [-0.4, -0.2) is 44.0 Å². The van der Waals surface area contributed by atoms with Crippen molar-refractivity contribution in [2.75, 3.05) is 24.6 Å². The van der Waals surface area contributed by atoms with Crippen molar-refractivity contribution in [3.8, 4) is 11.3 Å². The largest absolute Gasteiger partial charge is 0.416 e. The molecule has 5 rings (SSSR count). The monoisotopic (exact) mass is 502 g/mol. The molecule has 0 aliphatic carbocycles. The number of pyridine rings is 1. The van der Waals surface area contributed by atoms with Crippen molar-refractivity contribution < 1.29 is 22.3 Å². The maximum Gasteiger partial charge on any atom is 0.416 e. The van der Waals surface area contributed by atoms with Crippen LogP contribution in [0.25, 0.3) is 22.2 Å². The van der Waals surface area contributed by atoms with E-state index < -0.39 is 23.1 Å². The van der Waals surface area contributed by atoms with Gasteiger partial charge in [-0.15, -0.1) is 0 Å². The SMILES string of the molecule is Cc1nc2cc(N3CCOC(c4cnn(C)c4)C3)nc(-c3ccc(C(F)(F)F)cc3F)c2c(=O)n1C. The Hall–Kier alpha value is -3.80. The second-order valence-corrected chi connectivity index (χ2v) is 8.69. The molecule has 0 radical (unpaired) electrons. The Morgan fingerprint density at radius 1 is 1.14 bits per heavy atom. The first-order chi connectivity index (χ1) is 17.0. The second-order valence-electron chi connectivity index (χ2n) is 8.69. The minimum Gasteiger partial charge on any atom is -0.370 e. The van der Waals surface area contributed by atoms with Gasteiger partial charge in [-0.3, -0.25) is 14.0 Å². The minimum atomic E-state index is -4.71. The lowest BCUT2D eigenvalue weighted by atomic mass is 10.0. The average molecular weight is 502 g/mol. The summed E-state index contributed by atoms with van der Waals surface area (Å²) in [6.45, 7) is 2.91. The number of halogens is 4. The van der Waals surface area contributed by atoms with Gasteiger partial charge in [0.05, 0.1) is 35.0 Å². The Morgan fingerprint density at radius 2 is 1.92 bits per heavy atom. The Bertz CT molecular complexity index is 1530. The van der Waals surface area contributed by atoms with Crippen molar-refractivity contribution in [1.82, 2.24) is 24.3 Å². The van der Waals surface area contributed by atoms with Gasteiger partial charge in [-0.05, 0) is 25.1 Å². The van der Waals surface area contributed by atoms with Crippen molar-refractivity contribution in [3.63, 3.8) is 0 Å². The van der Waals surface area contributed by atoms with Crippen LogP contribution >= 0.6 is 0 Å². The van der Waals surface area contributed by atoms with Gasteiger partial charge in [0.25, 0.3) is 5.56 Å². The number of aromatic nitrogens is 5. The predicted molar refractivity (Wildman–Crippen MR) is 124 cm³/mol. The van der Waals surface area contributed by atoms with Gasteiger partial charge in [-0.2, -0.15) is 18.3 Å². The Balaban J connectivity index is 1.67. The van der Waals surface area contributed by atoms with Crippen LogP contribution in [0.5, 0.6) is 0 Å². The molecule has 0 saturated carbocycles. The number of alkyl halides is 3. The summed E-state index contributed by atoms with van der Waals surface area (Å²) >= 11 is 0. The third-order valence-electron chi connectivity index (χ3n) is 6.31. The van der Waals surface area contributed by atoms with Crippen LogP contribution in [-0.2, 0) is 25.0 Å². The van der Waals surface area contributed by atoms with E-state index in [0.29, 0.717) is 37.4 Å². The van der Waals surface area contributed by atoms with Gasteiger partial charge in [0.15, 0.2) is 0 Å². The molecule has 1 fully saturated rings. The first-order valence-electron chi connectivity index (χ1n) is 11.1. The fourth-order valence-electron chi connectivity index (χ4n) is 4.29. The number of morpholine rings is 1. The molecule has 3 aromatic heterocycles. The van der Waals surface area contributed by atoms with E-state index >= 15 is 4.39 Å². The molecule has 0 amide bonds. The molecule has 1 aliphatic heterocycles. The minimum absolute atomic E-state index is 0.0302. The highest BCUT2D eigenvalue weighted by molar-refractivity contribution is 5.93. The van der Waals surface area contributed by atoms with Crippen LogP contribution in [0.2, 0.25) is 0 Å². The highest BCUT2D eigenvalue weighted by Crippen LogP contribution is 2.35. The van der Waals surface area contributed by atoms with Crippen molar-refractivity contribution in [2.45, 2.75) is 19.2 Å². The average Bonchev–Trinajstić information content (AvgIpc) is 3.27. The summed E-state index contributed by atoms with van der Waals surface area (Å²) in [7, 11) is 3.32. The lowest BCUT2D eigenvalue weighted by Gasteiger charge is -2.33. The number of rotatable bonds is 3. The molecule has 0 spiro atoms. The number of benzene rings is 1. The van der Waals surface area contributed by atoms with Crippen molar-refractivity contribution >= 4 is 16.7 Å². The first kappa shape index (κ1) is 23.9. The Kier molecular flexibility index (Phi) is 5.78. The summed E-state index contributed by atoms with van der Waals surface area (Å²) in [6.07, 6.45) is -1.45. The zero-order valence-electron chi connectivity index (χ0n) is 19.7. The van der Waals surface area contributed by atoms with E-state index in [1.165, 1.54) is 11.6 Å². The van der Waals surface area contributed by atoms with Gasteiger partial charge in [0.2, 0.25) is 0 Å². The molecule has 1 aromatic carbocycles. The van der Waals surface area contributed by atoms with E-state index in [1.807, 2.05) is 11.1 Å². The second kappa shape index (κ2) is 8.70. The van der Waals surface area contributed by atoms with Crippen LogP contribution in [0.4, 0.5) is 23.4 Å². The van der Waals surface area contributed by atoms with E-state index in [1.54, 1.807) is 30.9 Å². The predicted octanol–water partition coefficient (Wildman–Crippen LogP) is 3.77. The van der Waals surface area contributed by atoms with E-state index in [-0.39, 0.29) is 28.3 Å². The van der Waals surface area contributed by atoms with Gasteiger partial charge in [-0.1, -0.05) is 0 Å². The summed E-state index contributed by atoms with van der Waals surface area (Å²) < 4.78 is 63.3. The molecule has 1 unspecified atom stereocenters. The molecule has 4 aromatic rings. The quantitative estimate of drug-likeness (QED) is 0.397. The van der Waals surface area contributed by atoms with Gasteiger partial charge < -0.3 is 9.64 Å². The lowest BCUT2D eigenvalue weighted by Crippen LogP contribution is -2.39. The van der Waals surface area contributed by atoms with Crippen LogP contribution < -0.4 is 10.5 Å². The van der Waals surface area contributed by atoms with Gasteiger partial charge in [0, 0.05) is 50.6 Å². The zero-order chi connectivity index (χ0) is 25.8. The molecule has 188 valence electrons. The Labute approximate surface area is 202 Å². The van der Waals surface area contributed by atoms with E-state index in [2.05, 4.69) is 15.1 Å². The fourth-order valence-corrected chi connectivity index (χ4v) is 4.29. The molecule has 1 atom stereocenters. The number of hydrogen-bond acceptors (Lipinski definition) is 6. The molecular formula is C24H22F4N6O2. The third-order valence-corrected chi connectivity index (χ3v) is 6.31. The maximum atomic E-state index is 15.1. The van der Waals surface area contributed by atoms with Gasteiger partial charge >= 0.3 is 6.18 Å². The normalized spacial score (nSPS) is 16.6. The standard InChI is InChI=1S/C24H22F4N6O2/c1-13-30-18-9-20(34-6-7-36-19(12-34)14-10-29-32(2)11-14)31-22(21(18)23(35)33(13)3)16-5-4-15(8-17(16)25)24(26,27)28/h4-5,8-11,19H,6-7,12H2,1-3H3. The summed E-state index contributed by atoms with van der Waals surface area (Å²) in [4.78, 5) is 24.1. The molecule has 36 heavy (non-hydrogen) atoms. The van der Waals surface area contributed by atoms with Crippen LogP contribution in [0.15, 0.2) is 41.5 Å². The summed E-state index contributed by atoms with van der Waals surface area (Å²) in [5, 5.41) is 4.21. The number of fused-ring (bicyclic) bond motifs is 1. The maximum absolute atomic E-state index is 15.1. The van der Waals surface area contributed by atoms with E-state index in [0.717, 1.165) is 17.7 Å². The summed E-state index contributed by atoms with van der Waals surface area (Å²) in [5.74, 6) is -0.290. The molecule has 8 nitrogen and oxygen atoms in total. The van der Waals surface area contributed by atoms with E-state index in [4.69, 9.17) is 4.74 Å². The van der Waals surface area contributed by atoms with Crippen LogP contribution in [0.3, 0.4) is 0 Å².